The predicted octanol–water partition coefficient (Wildman–Crippen LogP) is 1.54. The normalized spacial score (nSPS) is 26.4. The van der Waals surface area contributed by atoms with Crippen molar-refractivity contribution in [3.8, 4) is 0 Å². The van der Waals surface area contributed by atoms with E-state index in [1.54, 1.807) is 10.8 Å². The molecule has 2 rings (SSSR count). The maximum absolute atomic E-state index is 12.4. The molecule has 0 amide bonds. The van der Waals surface area contributed by atoms with E-state index in [1.165, 1.54) is 10.6 Å². The van der Waals surface area contributed by atoms with Crippen molar-refractivity contribution in [1.29, 1.82) is 0 Å². The van der Waals surface area contributed by atoms with Crippen LogP contribution in [0.25, 0.3) is 0 Å². The highest BCUT2D eigenvalue weighted by atomic mass is 35.5. The van der Waals surface area contributed by atoms with Gasteiger partial charge in [0.2, 0.25) is 0 Å². The van der Waals surface area contributed by atoms with Crippen LogP contribution in [0.3, 0.4) is 0 Å². The van der Waals surface area contributed by atoms with Crippen molar-refractivity contribution in [3.05, 3.63) is 12.5 Å². The number of hydrogen-bond donors (Lipinski definition) is 0. The third-order valence-electron chi connectivity index (χ3n) is 3.41. The molecule has 2 unspecified atom stereocenters. The molecule has 0 radical (unpaired) electrons. The summed E-state index contributed by atoms with van der Waals surface area (Å²) < 4.78 is 27.9. The SMILES string of the molecule is CCn1cnc(S(=O)(=O)N2CCC(C)C(Cl)C2)c1. The van der Waals surface area contributed by atoms with Crippen molar-refractivity contribution in [2.24, 2.45) is 5.92 Å². The van der Waals surface area contributed by atoms with Crippen LogP contribution in [-0.2, 0) is 16.6 Å². The van der Waals surface area contributed by atoms with Crippen molar-refractivity contribution >= 4 is 21.6 Å². The molecule has 1 fully saturated rings. The molecule has 0 N–H and O–H groups in total. The average Bonchev–Trinajstić information content (AvgIpc) is 2.81. The second kappa shape index (κ2) is 5.19. The van der Waals surface area contributed by atoms with Gasteiger partial charge in [-0.3, -0.25) is 0 Å². The average molecular weight is 292 g/mol. The molecule has 5 nitrogen and oxygen atoms in total. The van der Waals surface area contributed by atoms with E-state index >= 15 is 0 Å². The van der Waals surface area contributed by atoms with E-state index in [2.05, 4.69) is 4.98 Å². The number of alkyl halides is 1. The van der Waals surface area contributed by atoms with Crippen molar-refractivity contribution in [2.75, 3.05) is 13.1 Å². The van der Waals surface area contributed by atoms with Crippen molar-refractivity contribution in [2.45, 2.75) is 37.2 Å². The van der Waals surface area contributed by atoms with Gasteiger partial charge in [0, 0.05) is 31.2 Å². The highest BCUT2D eigenvalue weighted by Crippen LogP contribution is 2.26. The summed E-state index contributed by atoms with van der Waals surface area (Å²) in [7, 11) is -3.49. The zero-order valence-electron chi connectivity index (χ0n) is 10.6. The fraction of sp³-hybridized carbons (Fsp3) is 0.727. The smallest absolute Gasteiger partial charge is 0.262 e. The van der Waals surface area contributed by atoms with Crippen molar-refractivity contribution in [1.82, 2.24) is 13.9 Å². The van der Waals surface area contributed by atoms with Crippen molar-refractivity contribution < 1.29 is 8.42 Å². The van der Waals surface area contributed by atoms with Crippen molar-refractivity contribution in [3.63, 3.8) is 0 Å². The lowest BCUT2D eigenvalue weighted by molar-refractivity contribution is 0.292. The van der Waals surface area contributed by atoms with Gasteiger partial charge in [0.25, 0.3) is 10.0 Å². The van der Waals surface area contributed by atoms with E-state index in [1.807, 2.05) is 13.8 Å². The Hall–Kier alpha value is -0.590. The Morgan fingerprint density at radius 1 is 1.56 bits per heavy atom. The highest BCUT2D eigenvalue weighted by molar-refractivity contribution is 7.89. The number of piperidine rings is 1. The lowest BCUT2D eigenvalue weighted by Gasteiger charge is -2.32. The van der Waals surface area contributed by atoms with Gasteiger partial charge in [0.05, 0.1) is 6.33 Å². The Kier molecular flexibility index (Phi) is 3.99. The summed E-state index contributed by atoms with van der Waals surface area (Å²) in [6.45, 7) is 5.58. The van der Waals surface area contributed by atoms with Gasteiger partial charge in [-0.25, -0.2) is 13.4 Å². The zero-order valence-corrected chi connectivity index (χ0v) is 12.2. The summed E-state index contributed by atoms with van der Waals surface area (Å²) >= 11 is 6.16. The third kappa shape index (κ3) is 2.55. The number of aromatic nitrogens is 2. The van der Waals surface area contributed by atoms with Crippen LogP contribution in [0.1, 0.15) is 20.3 Å². The van der Waals surface area contributed by atoms with E-state index < -0.39 is 10.0 Å². The first kappa shape index (κ1) is 13.8. The summed E-state index contributed by atoms with van der Waals surface area (Å²) in [5.41, 5.74) is 0. The van der Waals surface area contributed by atoms with Crippen LogP contribution in [0, 0.1) is 5.92 Å². The van der Waals surface area contributed by atoms with Crippen LogP contribution < -0.4 is 0 Å². The van der Waals surface area contributed by atoms with E-state index in [9.17, 15) is 8.42 Å². The summed E-state index contributed by atoms with van der Waals surface area (Å²) in [5, 5.41) is -0.00967. The van der Waals surface area contributed by atoms with Crippen LogP contribution in [-0.4, -0.2) is 40.7 Å². The van der Waals surface area contributed by atoms with Crippen LogP contribution in [0.15, 0.2) is 17.6 Å². The molecule has 18 heavy (non-hydrogen) atoms. The zero-order chi connectivity index (χ0) is 13.3. The number of imidazole rings is 1. The first-order chi connectivity index (χ1) is 8.45. The molecule has 1 aromatic rings. The molecule has 1 aliphatic rings. The largest absolute Gasteiger partial charge is 0.336 e. The number of sulfonamides is 1. The monoisotopic (exact) mass is 291 g/mol. The summed E-state index contributed by atoms with van der Waals surface area (Å²) in [6, 6.07) is 0. The number of nitrogens with zero attached hydrogens (tertiary/aromatic N) is 3. The van der Waals surface area contributed by atoms with E-state index in [0.717, 1.165) is 6.42 Å². The van der Waals surface area contributed by atoms with Crippen LogP contribution >= 0.6 is 11.6 Å². The molecular formula is C11H18ClN3O2S. The first-order valence-corrected chi connectivity index (χ1v) is 7.98. The van der Waals surface area contributed by atoms with Crippen LogP contribution in [0.4, 0.5) is 0 Å². The highest BCUT2D eigenvalue weighted by Gasteiger charge is 2.33. The fourth-order valence-corrected chi connectivity index (χ4v) is 3.78. The quantitative estimate of drug-likeness (QED) is 0.794. The van der Waals surface area contributed by atoms with E-state index in [0.29, 0.717) is 25.6 Å². The first-order valence-electron chi connectivity index (χ1n) is 6.11. The minimum absolute atomic E-state index is 0.114. The fourth-order valence-electron chi connectivity index (χ4n) is 1.99. The number of hydrogen-bond acceptors (Lipinski definition) is 3. The molecule has 1 saturated heterocycles. The molecule has 7 heteroatoms. The number of rotatable bonds is 3. The van der Waals surface area contributed by atoms with Gasteiger partial charge < -0.3 is 4.57 Å². The summed E-state index contributed by atoms with van der Waals surface area (Å²) in [5.74, 6) is 0.353. The second-order valence-electron chi connectivity index (χ2n) is 4.69. The standard InChI is InChI=1S/C11H18ClN3O2S/c1-3-14-7-11(13-8-14)18(16,17)15-5-4-9(2)10(12)6-15/h7-10H,3-6H2,1-2H3. The topological polar surface area (TPSA) is 55.2 Å². The molecule has 0 bridgehead atoms. The molecule has 1 aliphatic heterocycles. The van der Waals surface area contributed by atoms with Crippen LogP contribution in [0.5, 0.6) is 0 Å². The van der Waals surface area contributed by atoms with Gasteiger partial charge in [0.1, 0.15) is 0 Å². The summed E-state index contributed by atoms with van der Waals surface area (Å²) in [6.07, 6.45) is 3.90. The van der Waals surface area contributed by atoms with E-state index in [4.69, 9.17) is 11.6 Å². The minimum Gasteiger partial charge on any atom is -0.336 e. The van der Waals surface area contributed by atoms with Gasteiger partial charge in [0.15, 0.2) is 5.03 Å². The number of aryl methyl sites for hydroxylation is 1. The molecule has 102 valence electrons. The second-order valence-corrected chi connectivity index (χ2v) is 7.13. The Labute approximate surface area is 113 Å². The maximum atomic E-state index is 12.4. The van der Waals surface area contributed by atoms with Gasteiger partial charge in [-0.2, -0.15) is 4.31 Å². The van der Waals surface area contributed by atoms with Crippen LogP contribution in [0.2, 0.25) is 0 Å². The molecule has 2 heterocycles. The van der Waals surface area contributed by atoms with Gasteiger partial charge >= 0.3 is 0 Å². The summed E-state index contributed by atoms with van der Waals surface area (Å²) in [4.78, 5) is 3.97. The molecule has 1 aromatic heterocycles. The van der Waals surface area contributed by atoms with Gasteiger partial charge in [-0.15, -0.1) is 11.6 Å². The Balaban J connectivity index is 2.21. The Morgan fingerprint density at radius 2 is 2.28 bits per heavy atom. The van der Waals surface area contributed by atoms with Gasteiger partial charge in [-0.05, 0) is 19.3 Å². The van der Waals surface area contributed by atoms with Gasteiger partial charge in [-0.1, -0.05) is 6.92 Å². The molecule has 0 aromatic carbocycles. The predicted molar refractivity (Wildman–Crippen MR) is 70.1 cm³/mol. The minimum atomic E-state index is -3.49. The molecule has 0 aliphatic carbocycles. The molecular weight excluding hydrogens is 274 g/mol. The molecule has 0 spiro atoms. The molecule has 0 saturated carbocycles. The third-order valence-corrected chi connectivity index (χ3v) is 5.73. The maximum Gasteiger partial charge on any atom is 0.262 e. The lowest BCUT2D eigenvalue weighted by Crippen LogP contribution is -2.43. The number of halogens is 1. The lowest BCUT2D eigenvalue weighted by atomic mass is 10.0. The molecule has 2 atom stereocenters. The van der Waals surface area contributed by atoms with E-state index in [-0.39, 0.29) is 10.4 Å². The Bertz CT molecular complexity index is 514. The Morgan fingerprint density at radius 3 is 2.83 bits per heavy atom.